The van der Waals surface area contributed by atoms with Gasteiger partial charge in [0.25, 0.3) is 5.91 Å². The molecule has 2 amide bonds. The molecule has 0 radical (unpaired) electrons. The average molecular weight is 470 g/mol. The van der Waals surface area contributed by atoms with Gasteiger partial charge in [-0.15, -0.1) is 11.3 Å². The summed E-state index contributed by atoms with van der Waals surface area (Å²) in [7, 11) is 0. The van der Waals surface area contributed by atoms with Crippen molar-refractivity contribution in [3.63, 3.8) is 0 Å². The van der Waals surface area contributed by atoms with Crippen LogP contribution in [0, 0.1) is 5.92 Å². The molecule has 1 aromatic heterocycles. The number of nitrogens with zero attached hydrogens (tertiary/aromatic N) is 3. The van der Waals surface area contributed by atoms with E-state index in [0.717, 1.165) is 49.5 Å². The van der Waals surface area contributed by atoms with Gasteiger partial charge in [-0.3, -0.25) is 9.59 Å². The summed E-state index contributed by atoms with van der Waals surface area (Å²) in [5.74, 6) is 2.15. The third-order valence-electron chi connectivity index (χ3n) is 7.08. The molecule has 3 heterocycles. The minimum Gasteiger partial charge on any atom is -0.454 e. The maximum atomic E-state index is 13.2. The molecule has 2 aliphatic heterocycles. The van der Waals surface area contributed by atoms with Crippen molar-refractivity contribution in [1.82, 2.24) is 9.88 Å². The van der Waals surface area contributed by atoms with Gasteiger partial charge in [0.1, 0.15) is 5.69 Å². The molecule has 0 bridgehead atoms. The predicted molar refractivity (Wildman–Crippen MR) is 127 cm³/mol. The highest BCUT2D eigenvalue weighted by Crippen LogP contribution is 2.36. The number of piperidine rings is 1. The van der Waals surface area contributed by atoms with E-state index in [1.165, 1.54) is 19.3 Å². The first-order valence-electron chi connectivity index (χ1n) is 12.1. The van der Waals surface area contributed by atoms with Crippen LogP contribution in [0.25, 0.3) is 0 Å². The Hall–Kier alpha value is -2.61. The first kappa shape index (κ1) is 22.2. The Morgan fingerprint density at radius 1 is 1.09 bits per heavy atom. The van der Waals surface area contributed by atoms with Gasteiger partial charge in [0, 0.05) is 48.6 Å². The minimum absolute atomic E-state index is 0.108. The number of likely N-dealkylation sites (tertiary alicyclic amines) is 1. The number of rotatable bonds is 5. The summed E-state index contributed by atoms with van der Waals surface area (Å²) in [6.45, 7) is 4.28. The summed E-state index contributed by atoms with van der Waals surface area (Å²) in [6.07, 6.45) is 7.56. The van der Waals surface area contributed by atoms with Crippen molar-refractivity contribution in [1.29, 1.82) is 0 Å². The van der Waals surface area contributed by atoms with Crippen LogP contribution in [0.1, 0.15) is 73.3 Å². The van der Waals surface area contributed by atoms with Crippen LogP contribution in [-0.4, -0.2) is 48.1 Å². The van der Waals surface area contributed by atoms with Gasteiger partial charge in [-0.25, -0.2) is 4.98 Å². The van der Waals surface area contributed by atoms with E-state index >= 15 is 0 Å². The molecule has 176 valence electrons. The van der Waals surface area contributed by atoms with Gasteiger partial charge < -0.3 is 19.3 Å². The lowest BCUT2D eigenvalue weighted by Gasteiger charge is -2.34. The highest BCUT2D eigenvalue weighted by Gasteiger charge is 2.31. The summed E-state index contributed by atoms with van der Waals surface area (Å²) in [5.41, 5.74) is 1.26. The minimum atomic E-state index is -0.108. The fraction of sp³-hybridized carbons (Fsp3) is 0.560. The lowest BCUT2D eigenvalue weighted by Crippen LogP contribution is -2.41. The summed E-state index contributed by atoms with van der Waals surface area (Å²) in [5, 5.41) is 2.87. The van der Waals surface area contributed by atoms with Crippen molar-refractivity contribution in [3.05, 3.63) is 34.3 Å². The van der Waals surface area contributed by atoms with Gasteiger partial charge in [-0.1, -0.05) is 19.3 Å². The second-order valence-corrected chi connectivity index (χ2v) is 9.98. The first-order chi connectivity index (χ1) is 16.1. The maximum absolute atomic E-state index is 13.2. The molecule has 0 atom stereocenters. The number of carbonyl (C=O) groups excluding carboxylic acids is 2. The van der Waals surface area contributed by atoms with E-state index < -0.39 is 0 Å². The lowest BCUT2D eigenvalue weighted by molar-refractivity contribution is -0.137. The van der Waals surface area contributed by atoms with Crippen molar-refractivity contribution in [2.45, 2.75) is 57.8 Å². The first-order valence-corrected chi connectivity index (χ1v) is 13.0. The Morgan fingerprint density at radius 3 is 2.61 bits per heavy atom. The predicted octanol–water partition coefficient (Wildman–Crippen LogP) is 4.82. The molecule has 7 nitrogen and oxygen atoms in total. The SMILES string of the molecule is CCN(C(=O)c1csc(C2CCN(C(=O)C3CCCCC3)CC2)n1)c1ccc2c(c1)OCO2. The average Bonchev–Trinajstić information content (AvgIpc) is 3.54. The van der Waals surface area contributed by atoms with Gasteiger partial charge in [-0.2, -0.15) is 0 Å². The zero-order valence-corrected chi connectivity index (χ0v) is 19.9. The Labute approximate surface area is 198 Å². The molecule has 1 saturated heterocycles. The van der Waals surface area contributed by atoms with E-state index in [0.29, 0.717) is 35.6 Å². The zero-order valence-electron chi connectivity index (χ0n) is 19.1. The van der Waals surface area contributed by atoms with E-state index in [1.54, 1.807) is 16.2 Å². The van der Waals surface area contributed by atoms with Crippen LogP contribution in [-0.2, 0) is 4.79 Å². The number of amides is 2. The molecule has 2 fully saturated rings. The lowest BCUT2D eigenvalue weighted by atomic mass is 9.87. The highest BCUT2D eigenvalue weighted by atomic mass is 32.1. The molecule has 0 unspecified atom stereocenters. The van der Waals surface area contributed by atoms with Crippen molar-refractivity contribution >= 4 is 28.8 Å². The van der Waals surface area contributed by atoms with Gasteiger partial charge in [0.2, 0.25) is 12.7 Å². The topological polar surface area (TPSA) is 72.0 Å². The number of hydrogen-bond donors (Lipinski definition) is 0. The fourth-order valence-corrected chi connectivity index (χ4v) is 6.13. The maximum Gasteiger partial charge on any atom is 0.277 e. The summed E-state index contributed by atoms with van der Waals surface area (Å²) < 4.78 is 10.8. The monoisotopic (exact) mass is 469 g/mol. The van der Waals surface area contributed by atoms with E-state index in [1.807, 2.05) is 30.5 Å². The molecule has 1 aliphatic carbocycles. The quantitative estimate of drug-likeness (QED) is 0.628. The number of fused-ring (bicyclic) bond motifs is 1. The second kappa shape index (κ2) is 9.71. The summed E-state index contributed by atoms with van der Waals surface area (Å²) in [6, 6.07) is 5.56. The molecule has 1 aromatic carbocycles. The van der Waals surface area contributed by atoms with E-state index in [9.17, 15) is 9.59 Å². The number of carbonyl (C=O) groups is 2. The molecule has 8 heteroatoms. The molecule has 5 rings (SSSR count). The van der Waals surface area contributed by atoms with Crippen molar-refractivity contribution in [2.75, 3.05) is 31.3 Å². The zero-order chi connectivity index (χ0) is 22.8. The third kappa shape index (κ3) is 4.58. The smallest absolute Gasteiger partial charge is 0.277 e. The van der Waals surface area contributed by atoms with Crippen molar-refractivity contribution in [2.24, 2.45) is 5.92 Å². The van der Waals surface area contributed by atoms with Gasteiger partial charge in [0.05, 0.1) is 5.01 Å². The molecule has 3 aliphatic rings. The van der Waals surface area contributed by atoms with Crippen LogP contribution in [0.2, 0.25) is 0 Å². The van der Waals surface area contributed by atoms with Gasteiger partial charge in [-0.05, 0) is 44.7 Å². The van der Waals surface area contributed by atoms with Crippen LogP contribution in [0.5, 0.6) is 11.5 Å². The number of benzene rings is 1. The van der Waals surface area contributed by atoms with Crippen molar-refractivity contribution in [3.8, 4) is 11.5 Å². The van der Waals surface area contributed by atoms with Gasteiger partial charge >= 0.3 is 0 Å². The molecule has 33 heavy (non-hydrogen) atoms. The Balaban J connectivity index is 1.22. The van der Waals surface area contributed by atoms with Crippen LogP contribution in [0.3, 0.4) is 0 Å². The summed E-state index contributed by atoms with van der Waals surface area (Å²) in [4.78, 5) is 34.6. The van der Waals surface area contributed by atoms with E-state index in [-0.39, 0.29) is 18.6 Å². The molecule has 0 spiro atoms. The third-order valence-corrected chi connectivity index (χ3v) is 8.09. The van der Waals surface area contributed by atoms with Crippen LogP contribution < -0.4 is 14.4 Å². The number of thiazole rings is 1. The number of anilines is 1. The molecule has 1 saturated carbocycles. The van der Waals surface area contributed by atoms with Crippen LogP contribution in [0.15, 0.2) is 23.6 Å². The highest BCUT2D eigenvalue weighted by molar-refractivity contribution is 7.10. The number of hydrogen-bond acceptors (Lipinski definition) is 6. The Kier molecular flexibility index (Phi) is 6.53. The molecule has 0 N–H and O–H groups in total. The molecular weight excluding hydrogens is 438 g/mol. The Bertz CT molecular complexity index is 1010. The van der Waals surface area contributed by atoms with Gasteiger partial charge in [0.15, 0.2) is 11.5 Å². The summed E-state index contributed by atoms with van der Waals surface area (Å²) >= 11 is 1.56. The normalized spacial score (nSPS) is 19.0. The van der Waals surface area contributed by atoms with Crippen LogP contribution >= 0.6 is 11.3 Å². The molecule has 2 aromatic rings. The second-order valence-electron chi connectivity index (χ2n) is 9.09. The van der Waals surface area contributed by atoms with E-state index in [2.05, 4.69) is 4.90 Å². The Morgan fingerprint density at radius 2 is 1.85 bits per heavy atom. The van der Waals surface area contributed by atoms with Crippen LogP contribution in [0.4, 0.5) is 5.69 Å². The van der Waals surface area contributed by atoms with E-state index in [4.69, 9.17) is 14.5 Å². The largest absolute Gasteiger partial charge is 0.454 e. The molecular formula is C25H31N3O4S. The standard InChI is InChI=1S/C25H31N3O4S/c1-2-28(19-8-9-21-22(14-19)32-16-31-21)25(30)20-15-33-23(26-20)17-10-12-27(13-11-17)24(29)18-6-4-3-5-7-18/h8-9,14-15,17-18H,2-7,10-13,16H2,1H3. The number of ether oxygens (including phenoxy) is 2. The van der Waals surface area contributed by atoms with Crippen molar-refractivity contribution < 1.29 is 19.1 Å². The number of aromatic nitrogens is 1. The fourth-order valence-electron chi connectivity index (χ4n) is 5.16.